The Hall–Kier alpha value is -1.26. The summed E-state index contributed by atoms with van der Waals surface area (Å²) in [6.45, 7) is 0.539. The van der Waals surface area contributed by atoms with Gasteiger partial charge in [-0.2, -0.15) is 0 Å². The van der Waals surface area contributed by atoms with E-state index in [-0.39, 0.29) is 5.91 Å². The van der Waals surface area contributed by atoms with E-state index < -0.39 is 11.0 Å². The van der Waals surface area contributed by atoms with Gasteiger partial charge in [-0.05, 0) is 23.8 Å². The van der Waals surface area contributed by atoms with Gasteiger partial charge in [0.05, 0.1) is 0 Å². The van der Waals surface area contributed by atoms with Gasteiger partial charge in [-0.3, -0.25) is 10.1 Å². The van der Waals surface area contributed by atoms with Crippen molar-refractivity contribution < 1.29 is 4.79 Å². The van der Waals surface area contributed by atoms with E-state index in [9.17, 15) is 4.79 Å². The standard InChI is InChI=1S/C16H15Cl3N2O/c17-13-8-4-7-12(9-13)16(22)21-15(14(18)19)20-10-11-5-2-1-3-6-11/h1-9,14-15,20H,10H2,(H,21,22). The highest BCUT2D eigenvalue weighted by molar-refractivity contribution is 6.44. The van der Waals surface area contributed by atoms with Crippen LogP contribution in [0.4, 0.5) is 0 Å². The van der Waals surface area contributed by atoms with Crippen LogP contribution in [0.25, 0.3) is 0 Å². The number of benzene rings is 2. The molecule has 0 aromatic heterocycles. The number of rotatable bonds is 6. The predicted octanol–water partition coefficient (Wildman–Crippen LogP) is 3.99. The van der Waals surface area contributed by atoms with Gasteiger partial charge in [0.1, 0.15) is 11.0 Å². The zero-order chi connectivity index (χ0) is 15.9. The fraction of sp³-hybridized carbons (Fsp3) is 0.188. The second kappa shape index (κ2) is 8.39. The maximum atomic E-state index is 12.2. The molecule has 0 heterocycles. The van der Waals surface area contributed by atoms with Crippen molar-refractivity contribution in [3.8, 4) is 0 Å². The van der Waals surface area contributed by atoms with Gasteiger partial charge < -0.3 is 5.32 Å². The van der Waals surface area contributed by atoms with Gasteiger partial charge >= 0.3 is 0 Å². The van der Waals surface area contributed by atoms with Crippen molar-refractivity contribution in [1.82, 2.24) is 10.6 Å². The molecule has 2 aromatic rings. The van der Waals surface area contributed by atoms with Crippen molar-refractivity contribution >= 4 is 40.7 Å². The van der Waals surface area contributed by atoms with Gasteiger partial charge in [0, 0.05) is 17.1 Å². The van der Waals surface area contributed by atoms with Crippen molar-refractivity contribution in [2.24, 2.45) is 0 Å². The zero-order valence-electron chi connectivity index (χ0n) is 11.6. The predicted molar refractivity (Wildman–Crippen MR) is 91.5 cm³/mol. The number of alkyl halides is 2. The molecule has 0 saturated carbocycles. The van der Waals surface area contributed by atoms with Crippen LogP contribution in [0.3, 0.4) is 0 Å². The van der Waals surface area contributed by atoms with Gasteiger partial charge in [0.2, 0.25) is 0 Å². The lowest BCUT2D eigenvalue weighted by Gasteiger charge is -2.21. The molecule has 0 aliphatic heterocycles. The summed E-state index contributed by atoms with van der Waals surface area (Å²) in [5, 5.41) is 6.37. The van der Waals surface area contributed by atoms with E-state index in [2.05, 4.69) is 10.6 Å². The molecule has 0 spiro atoms. The topological polar surface area (TPSA) is 41.1 Å². The Balaban J connectivity index is 1.98. The third kappa shape index (κ3) is 5.18. The molecule has 116 valence electrons. The van der Waals surface area contributed by atoms with Crippen molar-refractivity contribution in [1.29, 1.82) is 0 Å². The SMILES string of the molecule is O=C(NC(NCc1ccccc1)C(Cl)Cl)c1cccc(Cl)c1. The van der Waals surface area contributed by atoms with E-state index in [0.717, 1.165) is 5.56 Å². The summed E-state index contributed by atoms with van der Waals surface area (Å²) in [5.74, 6) is -0.292. The van der Waals surface area contributed by atoms with E-state index in [1.165, 1.54) is 0 Å². The number of halogens is 3. The first-order valence-corrected chi connectivity index (χ1v) is 7.93. The van der Waals surface area contributed by atoms with Crippen LogP contribution in [-0.4, -0.2) is 16.9 Å². The molecule has 0 saturated heterocycles. The second-order valence-electron chi connectivity index (χ2n) is 4.66. The molecular formula is C16H15Cl3N2O. The summed E-state index contributed by atoms with van der Waals surface area (Å²) < 4.78 is 0. The summed E-state index contributed by atoms with van der Waals surface area (Å²) in [6, 6.07) is 16.4. The van der Waals surface area contributed by atoms with Crippen LogP contribution in [0, 0.1) is 0 Å². The summed E-state index contributed by atoms with van der Waals surface area (Å²) in [4.78, 5) is 11.4. The average molecular weight is 358 g/mol. The first kappa shape index (κ1) is 17.1. The molecule has 1 amide bonds. The van der Waals surface area contributed by atoms with E-state index in [0.29, 0.717) is 17.1 Å². The smallest absolute Gasteiger partial charge is 0.252 e. The Kier molecular flexibility index (Phi) is 6.52. The van der Waals surface area contributed by atoms with Crippen LogP contribution in [0.15, 0.2) is 54.6 Å². The lowest BCUT2D eigenvalue weighted by atomic mass is 10.2. The quantitative estimate of drug-likeness (QED) is 0.606. The molecule has 1 atom stereocenters. The molecule has 22 heavy (non-hydrogen) atoms. The van der Waals surface area contributed by atoms with Gasteiger partial charge in [-0.1, -0.05) is 48.0 Å². The Bertz CT molecular complexity index is 620. The van der Waals surface area contributed by atoms with E-state index >= 15 is 0 Å². The molecule has 0 aliphatic rings. The normalized spacial score (nSPS) is 12.2. The van der Waals surface area contributed by atoms with Crippen molar-refractivity contribution in [2.75, 3.05) is 0 Å². The highest BCUT2D eigenvalue weighted by atomic mass is 35.5. The monoisotopic (exact) mass is 356 g/mol. The minimum absolute atomic E-state index is 0.292. The van der Waals surface area contributed by atoms with Crippen LogP contribution in [0.1, 0.15) is 15.9 Å². The Morgan fingerprint density at radius 2 is 1.77 bits per heavy atom. The maximum absolute atomic E-state index is 12.2. The number of amides is 1. The minimum Gasteiger partial charge on any atom is -0.334 e. The summed E-state index contributed by atoms with van der Waals surface area (Å²) >= 11 is 17.8. The molecule has 6 heteroatoms. The third-order valence-electron chi connectivity index (χ3n) is 2.99. The van der Waals surface area contributed by atoms with Crippen LogP contribution in [0.2, 0.25) is 5.02 Å². The second-order valence-corrected chi connectivity index (χ2v) is 6.26. The van der Waals surface area contributed by atoms with Crippen molar-refractivity contribution in [2.45, 2.75) is 17.5 Å². The van der Waals surface area contributed by atoms with Gasteiger partial charge in [0.15, 0.2) is 0 Å². The molecule has 1 unspecified atom stereocenters. The molecule has 0 aliphatic carbocycles. The Labute approximate surface area is 144 Å². The third-order valence-corrected chi connectivity index (χ3v) is 3.73. The number of hydrogen-bond donors (Lipinski definition) is 2. The highest BCUT2D eigenvalue weighted by Crippen LogP contribution is 2.12. The van der Waals surface area contributed by atoms with Gasteiger partial charge in [0.25, 0.3) is 5.91 Å². The zero-order valence-corrected chi connectivity index (χ0v) is 13.9. The van der Waals surface area contributed by atoms with E-state index in [1.54, 1.807) is 24.3 Å². The molecule has 0 bridgehead atoms. The van der Waals surface area contributed by atoms with Crippen molar-refractivity contribution in [3.63, 3.8) is 0 Å². The number of carbonyl (C=O) groups is 1. The first-order chi connectivity index (χ1) is 10.6. The number of hydrogen-bond acceptors (Lipinski definition) is 2. The first-order valence-electron chi connectivity index (χ1n) is 6.68. The van der Waals surface area contributed by atoms with Gasteiger partial charge in [-0.15, -0.1) is 23.2 Å². The van der Waals surface area contributed by atoms with E-state index in [1.807, 2.05) is 30.3 Å². The average Bonchev–Trinajstić information content (AvgIpc) is 2.52. The minimum atomic E-state index is -0.785. The summed E-state index contributed by atoms with van der Waals surface area (Å²) in [6.07, 6.45) is -0.574. The molecule has 3 nitrogen and oxygen atoms in total. The van der Waals surface area contributed by atoms with Crippen molar-refractivity contribution in [3.05, 3.63) is 70.7 Å². The molecule has 0 fully saturated rings. The lowest BCUT2D eigenvalue weighted by Crippen LogP contribution is -2.49. The molecule has 2 aromatic carbocycles. The Morgan fingerprint density at radius 1 is 1.05 bits per heavy atom. The Morgan fingerprint density at radius 3 is 2.41 bits per heavy atom. The van der Waals surface area contributed by atoms with Crippen LogP contribution in [-0.2, 0) is 6.54 Å². The van der Waals surface area contributed by atoms with Crippen LogP contribution >= 0.6 is 34.8 Å². The number of carbonyl (C=O) groups excluding carboxylic acids is 1. The molecule has 2 rings (SSSR count). The fourth-order valence-corrected chi connectivity index (χ4v) is 2.38. The largest absolute Gasteiger partial charge is 0.334 e. The summed E-state index contributed by atoms with van der Waals surface area (Å²) in [5.41, 5.74) is 1.52. The fourth-order valence-electron chi connectivity index (χ4n) is 1.88. The highest BCUT2D eigenvalue weighted by Gasteiger charge is 2.19. The molecule has 2 N–H and O–H groups in total. The number of nitrogens with one attached hydrogen (secondary N) is 2. The van der Waals surface area contributed by atoms with Gasteiger partial charge in [-0.25, -0.2) is 0 Å². The molecular weight excluding hydrogens is 343 g/mol. The van der Waals surface area contributed by atoms with E-state index in [4.69, 9.17) is 34.8 Å². The molecule has 0 radical (unpaired) electrons. The lowest BCUT2D eigenvalue weighted by molar-refractivity contribution is 0.0931. The van der Waals surface area contributed by atoms with Crippen LogP contribution in [0.5, 0.6) is 0 Å². The van der Waals surface area contributed by atoms with Crippen LogP contribution < -0.4 is 10.6 Å². The summed E-state index contributed by atoms with van der Waals surface area (Å²) in [7, 11) is 0. The maximum Gasteiger partial charge on any atom is 0.252 e.